The highest BCUT2D eigenvalue weighted by molar-refractivity contribution is 5.97. The molecule has 1 heterocycles. The first kappa shape index (κ1) is 22.2. The Bertz CT molecular complexity index is 1100. The zero-order chi connectivity index (χ0) is 22.8. The monoisotopic (exact) mass is 435 g/mol. The van der Waals surface area contributed by atoms with Gasteiger partial charge in [0.1, 0.15) is 11.3 Å². The Balaban J connectivity index is 1.82. The molecule has 1 saturated carbocycles. The molecule has 2 aromatic carbocycles. The molecule has 4 rings (SSSR count). The molecule has 1 fully saturated rings. The maximum absolute atomic E-state index is 12.3. The molecule has 6 nitrogen and oxygen atoms in total. The van der Waals surface area contributed by atoms with E-state index in [1.54, 1.807) is 13.2 Å². The van der Waals surface area contributed by atoms with Crippen LogP contribution in [0.25, 0.3) is 11.0 Å². The normalized spacial score (nSPS) is 18.7. The van der Waals surface area contributed by atoms with Crippen molar-refractivity contribution in [1.29, 1.82) is 0 Å². The van der Waals surface area contributed by atoms with Crippen LogP contribution in [0.2, 0.25) is 0 Å². The predicted molar refractivity (Wildman–Crippen MR) is 128 cm³/mol. The number of nitrogens with one attached hydrogen (secondary N) is 1. The molecule has 32 heavy (non-hydrogen) atoms. The van der Waals surface area contributed by atoms with Crippen LogP contribution in [-0.2, 0) is 4.74 Å². The molecule has 0 saturated heterocycles. The molecule has 6 heteroatoms. The van der Waals surface area contributed by atoms with Crippen LogP contribution in [0.4, 0.5) is 11.6 Å². The lowest BCUT2D eigenvalue weighted by molar-refractivity contribution is 0.0597. The van der Waals surface area contributed by atoms with Crippen LogP contribution in [0.5, 0.6) is 5.75 Å². The summed E-state index contributed by atoms with van der Waals surface area (Å²) in [6, 6.07) is 12.5. The Kier molecular flexibility index (Phi) is 6.40. The van der Waals surface area contributed by atoms with E-state index in [4.69, 9.17) is 14.5 Å². The van der Waals surface area contributed by atoms with E-state index in [1.807, 2.05) is 6.07 Å². The Morgan fingerprint density at radius 1 is 1.16 bits per heavy atom. The van der Waals surface area contributed by atoms with Crippen LogP contribution in [0.15, 0.2) is 36.4 Å². The highest BCUT2D eigenvalue weighted by atomic mass is 16.5. The lowest BCUT2D eigenvalue weighted by Gasteiger charge is -2.29. The molecule has 1 aromatic heterocycles. The smallest absolute Gasteiger partial charge is 0.341 e. The number of rotatable bonds is 6. The van der Waals surface area contributed by atoms with Crippen molar-refractivity contribution in [2.45, 2.75) is 58.4 Å². The van der Waals surface area contributed by atoms with Crippen molar-refractivity contribution in [3.8, 4) is 5.75 Å². The molecular weight excluding hydrogens is 402 g/mol. The van der Waals surface area contributed by atoms with Gasteiger partial charge in [0.25, 0.3) is 0 Å². The summed E-state index contributed by atoms with van der Waals surface area (Å²) in [4.78, 5) is 17.2. The van der Waals surface area contributed by atoms with Gasteiger partial charge < -0.3 is 19.4 Å². The van der Waals surface area contributed by atoms with E-state index in [0.717, 1.165) is 35.5 Å². The fraction of sp³-hybridized carbons (Fsp3) is 0.462. The summed E-state index contributed by atoms with van der Waals surface area (Å²) in [7, 11) is 2.95. The number of hydrogen-bond donors (Lipinski definition) is 1. The van der Waals surface area contributed by atoms with Crippen molar-refractivity contribution in [3.63, 3.8) is 0 Å². The van der Waals surface area contributed by atoms with Gasteiger partial charge in [0.15, 0.2) is 0 Å². The van der Waals surface area contributed by atoms with Crippen molar-refractivity contribution < 1.29 is 14.3 Å². The van der Waals surface area contributed by atoms with Gasteiger partial charge in [-0.25, -0.2) is 9.78 Å². The number of carbonyl (C=O) groups excluding carboxylic acids is 1. The number of ether oxygens (including phenoxy) is 2. The second-order valence-electron chi connectivity index (χ2n) is 9.17. The van der Waals surface area contributed by atoms with E-state index < -0.39 is 5.97 Å². The van der Waals surface area contributed by atoms with Crippen molar-refractivity contribution in [1.82, 2.24) is 9.55 Å². The second kappa shape index (κ2) is 9.23. The number of anilines is 2. The maximum Gasteiger partial charge on any atom is 0.341 e. The number of fused-ring (bicyclic) bond motifs is 1. The van der Waals surface area contributed by atoms with Gasteiger partial charge in [-0.1, -0.05) is 45.7 Å². The summed E-state index contributed by atoms with van der Waals surface area (Å²) in [5.41, 5.74) is 4.41. The van der Waals surface area contributed by atoms with Gasteiger partial charge in [-0.05, 0) is 48.4 Å². The first-order chi connectivity index (χ1) is 15.4. The second-order valence-corrected chi connectivity index (χ2v) is 9.17. The van der Waals surface area contributed by atoms with Gasteiger partial charge in [-0.2, -0.15) is 0 Å². The average molecular weight is 436 g/mol. The molecule has 0 radical (unpaired) electrons. The fourth-order valence-electron chi connectivity index (χ4n) is 4.74. The molecule has 3 aromatic rings. The molecule has 1 aliphatic rings. The summed E-state index contributed by atoms with van der Waals surface area (Å²) in [5.74, 6) is 2.02. The van der Waals surface area contributed by atoms with Gasteiger partial charge in [0, 0.05) is 17.8 Å². The lowest BCUT2D eigenvalue weighted by atomic mass is 9.87. The molecule has 170 valence electrons. The van der Waals surface area contributed by atoms with E-state index >= 15 is 0 Å². The van der Waals surface area contributed by atoms with Crippen molar-refractivity contribution in [2.75, 3.05) is 19.5 Å². The summed E-state index contributed by atoms with van der Waals surface area (Å²) >= 11 is 0. The Hall–Kier alpha value is -3.02. The maximum atomic E-state index is 12.3. The third-order valence-corrected chi connectivity index (χ3v) is 6.52. The third-order valence-electron chi connectivity index (χ3n) is 6.52. The molecule has 1 N–H and O–H groups in total. The van der Waals surface area contributed by atoms with E-state index in [2.05, 4.69) is 54.9 Å². The van der Waals surface area contributed by atoms with Crippen LogP contribution in [0.1, 0.15) is 74.3 Å². The Morgan fingerprint density at radius 3 is 2.53 bits per heavy atom. The zero-order valence-corrected chi connectivity index (χ0v) is 19.6. The quantitative estimate of drug-likeness (QED) is 0.451. The third kappa shape index (κ3) is 4.31. The van der Waals surface area contributed by atoms with E-state index in [0.29, 0.717) is 29.2 Å². The number of methoxy groups -OCH3 is 2. The SMILES string of the molecule is COC(=O)c1cc2nc(Nc3ccc(C(C)C)cc3)n(C3CCCC(C)C3)c2cc1OC. The highest BCUT2D eigenvalue weighted by Gasteiger charge is 2.26. The lowest BCUT2D eigenvalue weighted by Crippen LogP contribution is -2.19. The van der Waals surface area contributed by atoms with Crippen LogP contribution in [-0.4, -0.2) is 29.7 Å². The molecule has 0 aliphatic heterocycles. The van der Waals surface area contributed by atoms with Crippen molar-refractivity contribution in [3.05, 3.63) is 47.5 Å². The number of esters is 1. The average Bonchev–Trinajstić information content (AvgIpc) is 3.14. The minimum absolute atomic E-state index is 0.342. The molecule has 0 spiro atoms. The Labute approximate surface area is 189 Å². The largest absolute Gasteiger partial charge is 0.496 e. The number of aromatic nitrogens is 2. The van der Waals surface area contributed by atoms with Gasteiger partial charge in [-0.15, -0.1) is 0 Å². The number of carbonyl (C=O) groups is 1. The van der Waals surface area contributed by atoms with Crippen LogP contribution in [0, 0.1) is 5.92 Å². The molecule has 0 amide bonds. The predicted octanol–water partition coefficient (Wildman–Crippen LogP) is 6.45. The summed E-state index contributed by atoms with van der Waals surface area (Å²) in [6.07, 6.45) is 4.68. The standard InChI is InChI=1S/C26H33N3O3/c1-16(2)18-9-11-19(12-10-18)27-26-28-22-14-21(25(30)32-5)24(31-4)15-23(22)29(26)20-8-6-7-17(3)13-20/h9-12,14-17,20H,6-8,13H2,1-5H3,(H,27,28). The topological polar surface area (TPSA) is 65.4 Å². The number of hydrogen-bond acceptors (Lipinski definition) is 5. The summed E-state index contributed by atoms with van der Waals surface area (Å²) in [5, 5.41) is 3.54. The highest BCUT2D eigenvalue weighted by Crippen LogP contribution is 2.39. The van der Waals surface area contributed by atoms with Gasteiger partial charge >= 0.3 is 5.97 Å². The van der Waals surface area contributed by atoms with Crippen molar-refractivity contribution in [2.24, 2.45) is 5.92 Å². The number of imidazole rings is 1. The summed E-state index contributed by atoms with van der Waals surface area (Å²) < 4.78 is 12.8. The van der Waals surface area contributed by atoms with E-state index in [-0.39, 0.29) is 0 Å². The van der Waals surface area contributed by atoms with Gasteiger partial charge in [0.2, 0.25) is 5.95 Å². The van der Waals surface area contributed by atoms with Crippen LogP contribution in [0.3, 0.4) is 0 Å². The van der Waals surface area contributed by atoms with Crippen molar-refractivity contribution >= 4 is 28.6 Å². The van der Waals surface area contributed by atoms with Gasteiger partial charge in [0.05, 0.1) is 25.3 Å². The van der Waals surface area contributed by atoms with E-state index in [9.17, 15) is 4.79 Å². The molecular formula is C26H33N3O3. The number of benzene rings is 2. The Morgan fingerprint density at radius 2 is 1.91 bits per heavy atom. The molecule has 1 aliphatic carbocycles. The van der Waals surface area contributed by atoms with Crippen LogP contribution >= 0.6 is 0 Å². The fourth-order valence-corrected chi connectivity index (χ4v) is 4.74. The first-order valence-electron chi connectivity index (χ1n) is 11.5. The summed E-state index contributed by atoms with van der Waals surface area (Å²) in [6.45, 7) is 6.70. The molecule has 2 atom stereocenters. The molecule has 0 bridgehead atoms. The first-order valence-corrected chi connectivity index (χ1v) is 11.5. The van der Waals surface area contributed by atoms with E-state index in [1.165, 1.54) is 25.5 Å². The zero-order valence-electron chi connectivity index (χ0n) is 19.6. The number of nitrogens with zero attached hydrogens (tertiary/aromatic N) is 2. The minimum atomic E-state index is -0.427. The minimum Gasteiger partial charge on any atom is -0.496 e. The molecule has 2 unspecified atom stereocenters. The van der Waals surface area contributed by atoms with Gasteiger partial charge in [-0.3, -0.25) is 0 Å². The van der Waals surface area contributed by atoms with Crippen LogP contribution < -0.4 is 10.1 Å².